The summed E-state index contributed by atoms with van der Waals surface area (Å²) in [4.78, 5) is 40.4. The standard InChI is InChI=1S/C20H23BrN2O5S/c1-3-27-15-9-13(14(21)11-16(15)28-4-2)10-17-19(25)23(20(26)29-17)12-18(24)22-7-5-6-8-22/h9-11H,3-8,12H2,1-2H3/b17-10+. The van der Waals surface area contributed by atoms with Crippen LogP contribution >= 0.6 is 27.7 Å². The van der Waals surface area contributed by atoms with Gasteiger partial charge in [0.05, 0.1) is 18.1 Å². The molecule has 2 heterocycles. The highest BCUT2D eigenvalue weighted by molar-refractivity contribution is 9.10. The number of likely N-dealkylation sites (tertiary alicyclic amines) is 1. The van der Waals surface area contributed by atoms with E-state index < -0.39 is 11.1 Å². The fraction of sp³-hybridized carbons (Fsp3) is 0.450. The lowest BCUT2D eigenvalue weighted by atomic mass is 10.2. The van der Waals surface area contributed by atoms with Crippen LogP contribution in [0.15, 0.2) is 21.5 Å². The normalized spacial score (nSPS) is 18.1. The lowest BCUT2D eigenvalue weighted by Crippen LogP contribution is -2.40. The molecule has 0 spiro atoms. The predicted octanol–water partition coefficient (Wildman–Crippen LogP) is 3.91. The van der Waals surface area contributed by atoms with Gasteiger partial charge in [0.2, 0.25) is 5.91 Å². The molecule has 2 saturated heterocycles. The van der Waals surface area contributed by atoms with Gasteiger partial charge in [-0.05, 0) is 62.2 Å². The lowest BCUT2D eigenvalue weighted by molar-refractivity contribution is -0.135. The zero-order valence-electron chi connectivity index (χ0n) is 16.4. The van der Waals surface area contributed by atoms with Crippen molar-refractivity contribution < 1.29 is 23.9 Å². The number of rotatable bonds is 7. The first-order valence-electron chi connectivity index (χ1n) is 9.56. The monoisotopic (exact) mass is 482 g/mol. The third-order valence-electron chi connectivity index (χ3n) is 4.58. The van der Waals surface area contributed by atoms with Crippen LogP contribution in [0.4, 0.5) is 4.79 Å². The second-order valence-electron chi connectivity index (χ2n) is 6.54. The van der Waals surface area contributed by atoms with E-state index in [2.05, 4.69) is 15.9 Å². The lowest BCUT2D eigenvalue weighted by Gasteiger charge is -2.18. The van der Waals surface area contributed by atoms with Gasteiger partial charge in [-0.25, -0.2) is 0 Å². The van der Waals surface area contributed by atoms with Crippen molar-refractivity contribution in [3.63, 3.8) is 0 Å². The quantitative estimate of drug-likeness (QED) is 0.548. The molecule has 2 fully saturated rings. The van der Waals surface area contributed by atoms with E-state index >= 15 is 0 Å². The number of hydrogen-bond donors (Lipinski definition) is 0. The smallest absolute Gasteiger partial charge is 0.294 e. The third-order valence-corrected chi connectivity index (χ3v) is 6.17. The summed E-state index contributed by atoms with van der Waals surface area (Å²) in [5.41, 5.74) is 0.688. The first kappa shape index (κ1) is 21.7. The number of thioether (sulfide) groups is 1. The molecule has 1 aromatic carbocycles. The summed E-state index contributed by atoms with van der Waals surface area (Å²) in [6, 6.07) is 3.55. The van der Waals surface area contributed by atoms with Crippen LogP contribution in [0.2, 0.25) is 0 Å². The van der Waals surface area contributed by atoms with Crippen molar-refractivity contribution in [3.8, 4) is 11.5 Å². The molecule has 0 N–H and O–H groups in total. The molecular formula is C20H23BrN2O5S. The highest BCUT2D eigenvalue weighted by atomic mass is 79.9. The second-order valence-corrected chi connectivity index (χ2v) is 8.39. The second kappa shape index (κ2) is 9.67. The van der Waals surface area contributed by atoms with Crippen molar-refractivity contribution in [2.24, 2.45) is 0 Å². The number of nitrogens with zero attached hydrogens (tertiary/aromatic N) is 2. The van der Waals surface area contributed by atoms with Crippen molar-refractivity contribution >= 4 is 50.8 Å². The van der Waals surface area contributed by atoms with Gasteiger partial charge in [-0.1, -0.05) is 15.9 Å². The van der Waals surface area contributed by atoms with Gasteiger partial charge >= 0.3 is 0 Å². The number of benzene rings is 1. The average Bonchev–Trinajstić information content (AvgIpc) is 3.30. The summed E-state index contributed by atoms with van der Waals surface area (Å²) >= 11 is 4.32. The number of carbonyl (C=O) groups excluding carboxylic acids is 3. The van der Waals surface area contributed by atoms with Crippen LogP contribution in [0.1, 0.15) is 32.3 Å². The zero-order chi connectivity index (χ0) is 21.0. The molecule has 0 radical (unpaired) electrons. The predicted molar refractivity (Wildman–Crippen MR) is 115 cm³/mol. The maximum atomic E-state index is 12.7. The van der Waals surface area contributed by atoms with E-state index in [1.54, 1.807) is 23.1 Å². The highest BCUT2D eigenvalue weighted by Crippen LogP contribution is 2.38. The minimum Gasteiger partial charge on any atom is -0.490 e. The van der Waals surface area contributed by atoms with Crippen LogP contribution in [-0.2, 0) is 9.59 Å². The maximum Gasteiger partial charge on any atom is 0.294 e. The van der Waals surface area contributed by atoms with Crippen LogP contribution in [0.5, 0.6) is 11.5 Å². The van der Waals surface area contributed by atoms with Crippen LogP contribution in [0.25, 0.3) is 6.08 Å². The molecule has 3 amide bonds. The molecule has 0 aromatic heterocycles. The molecule has 0 saturated carbocycles. The Morgan fingerprint density at radius 2 is 1.76 bits per heavy atom. The molecule has 0 atom stereocenters. The summed E-state index contributed by atoms with van der Waals surface area (Å²) in [6.45, 7) is 5.88. The molecule has 156 valence electrons. The minimum atomic E-state index is -0.453. The molecule has 9 heteroatoms. The fourth-order valence-electron chi connectivity index (χ4n) is 3.18. The van der Waals surface area contributed by atoms with Crippen molar-refractivity contribution in [3.05, 3.63) is 27.1 Å². The Bertz CT molecular complexity index is 852. The van der Waals surface area contributed by atoms with E-state index in [4.69, 9.17) is 9.47 Å². The van der Waals surface area contributed by atoms with Gasteiger partial charge in [-0.3, -0.25) is 19.3 Å². The van der Waals surface area contributed by atoms with Crippen LogP contribution in [-0.4, -0.2) is 59.7 Å². The number of hydrogen-bond acceptors (Lipinski definition) is 6. The van der Waals surface area contributed by atoms with Crippen LogP contribution in [0, 0.1) is 0 Å². The SMILES string of the molecule is CCOc1cc(Br)c(/C=C2/SC(=O)N(CC(=O)N3CCCC3)C2=O)cc1OCC. The van der Waals surface area contributed by atoms with Crippen molar-refractivity contribution in [1.82, 2.24) is 9.80 Å². The summed E-state index contributed by atoms with van der Waals surface area (Å²) < 4.78 is 11.9. The third kappa shape index (κ3) is 4.95. The summed E-state index contributed by atoms with van der Waals surface area (Å²) in [6.07, 6.45) is 3.55. The first-order valence-corrected chi connectivity index (χ1v) is 11.2. The Labute approximate surface area is 182 Å². The van der Waals surface area contributed by atoms with E-state index in [1.807, 2.05) is 13.8 Å². The highest BCUT2D eigenvalue weighted by Gasteiger charge is 2.37. The van der Waals surface area contributed by atoms with Gasteiger partial charge in [0, 0.05) is 17.6 Å². The Morgan fingerprint density at radius 1 is 1.14 bits per heavy atom. The fourth-order valence-corrected chi connectivity index (χ4v) is 4.44. The van der Waals surface area contributed by atoms with E-state index in [1.165, 1.54) is 0 Å². The van der Waals surface area contributed by atoms with Gasteiger partial charge in [-0.15, -0.1) is 0 Å². The number of amides is 3. The van der Waals surface area contributed by atoms with Crippen molar-refractivity contribution in [2.45, 2.75) is 26.7 Å². The average molecular weight is 483 g/mol. The Kier molecular flexibility index (Phi) is 7.23. The summed E-state index contributed by atoms with van der Waals surface area (Å²) in [7, 11) is 0. The summed E-state index contributed by atoms with van der Waals surface area (Å²) in [5, 5.41) is -0.430. The molecule has 2 aliphatic rings. The van der Waals surface area contributed by atoms with Crippen LogP contribution in [0.3, 0.4) is 0 Å². The Hall–Kier alpha value is -2.00. The van der Waals surface area contributed by atoms with Crippen molar-refractivity contribution in [2.75, 3.05) is 32.8 Å². The van der Waals surface area contributed by atoms with Gasteiger partial charge in [0.25, 0.3) is 11.1 Å². The van der Waals surface area contributed by atoms with Gasteiger partial charge in [0.15, 0.2) is 11.5 Å². The van der Waals surface area contributed by atoms with E-state index in [0.29, 0.717) is 47.8 Å². The number of carbonyl (C=O) groups is 3. The minimum absolute atomic E-state index is 0.188. The number of imide groups is 1. The molecule has 3 rings (SSSR count). The molecule has 1 aromatic rings. The zero-order valence-corrected chi connectivity index (χ0v) is 18.8. The molecule has 0 unspecified atom stereocenters. The molecule has 0 aliphatic carbocycles. The largest absolute Gasteiger partial charge is 0.490 e. The molecular weight excluding hydrogens is 460 g/mol. The topological polar surface area (TPSA) is 76.2 Å². The van der Waals surface area contributed by atoms with Gasteiger partial charge in [0.1, 0.15) is 6.54 Å². The van der Waals surface area contributed by atoms with E-state index in [9.17, 15) is 14.4 Å². The van der Waals surface area contributed by atoms with Gasteiger partial charge < -0.3 is 14.4 Å². The Balaban J connectivity index is 1.81. The van der Waals surface area contributed by atoms with Crippen LogP contribution < -0.4 is 9.47 Å². The maximum absolute atomic E-state index is 12.7. The number of halogens is 1. The molecule has 0 bridgehead atoms. The molecule has 7 nitrogen and oxygen atoms in total. The molecule has 2 aliphatic heterocycles. The van der Waals surface area contributed by atoms with E-state index in [-0.39, 0.29) is 17.4 Å². The van der Waals surface area contributed by atoms with Crippen molar-refractivity contribution in [1.29, 1.82) is 0 Å². The van der Waals surface area contributed by atoms with Gasteiger partial charge in [-0.2, -0.15) is 0 Å². The first-order chi connectivity index (χ1) is 13.9. The number of ether oxygens (including phenoxy) is 2. The van der Waals surface area contributed by atoms with E-state index in [0.717, 1.165) is 29.5 Å². The Morgan fingerprint density at radius 3 is 2.38 bits per heavy atom. The summed E-state index contributed by atoms with van der Waals surface area (Å²) in [5.74, 6) is 0.521. The molecule has 29 heavy (non-hydrogen) atoms.